The molecule has 0 aliphatic carbocycles. The Bertz CT molecular complexity index is 1000. The lowest BCUT2D eigenvalue weighted by molar-refractivity contribution is -0.118. The van der Waals surface area contributed by atoms with Crippen LogP contribution in [0.1, 0.15) is 17.3 Å². The first-order valence-electron chi connectivity index (χ1n) is 9.17. The van der Waals surface area contributed by atoms with E-state index in [1.165, 1.54) is 27.4 Å². The Morgan fingerprint density at radius 3 is 2.33 bits per heavy atom. The van der Waals surface area contributed by atoms with Crippen molar-refractivity contribution in [2.75, 3.05) is 44.7 Å². The van der Waals surface area contributed by atoms with E-state index in [0.717, 1.165) is 4.90 Å². The van der Waals surface area contributed by atoms with Gasteiger partial charge in [0.1, 0.15) is 12.3 Å². The van der Waals surface area contributed by atoms with Crippen molar-refractivity contribution in [2.45, 2.75) is 6.92 Å². The zero-order chi connectivity index (χ0) is 21.8. The van der Waals surface area contributed by atoms with Gasteiger partial charge in [-0.15, -0.1) is 0 Å². The van der Waals surface area contributed by atoms with Crippen LogP contribution in [0.2, 0.25) is 0 Å². The number of hydrogen-bond acceptors (Lipinski definition) is 7. The summed E-state index contributed by atoms with van der Waals surface area (Å²) in [4.78, 5) is 39.0. The molecule has 2 aromatic rings. The van der Waals surface area contributed by atoms with E-state index >= 15 is 0 Å². The number of Topliss-reactive ketones (excluding diaryl/α,β-unsaturated/α-hetero) is 1. The smallest absolute Gasteiger partial charge is 0.300 e. The van der Waals surface area contributed by atoms with Gasteiger partial charge in [0, 0.05) is 6.07 Å². The normalized spacial score (nSPS) is 12.5. The van der Waals surface area contributed by atoms with Crippen LogP contribution in [0.3, 0.4) is 0 Å². The first kappa shape index (κ1) is 21.0. The van der Waals surface area contributed by atoms with Crippen molar-refractivity contribution in [3.05, 3.63) is 35.9 Å². The number of para-hydroxylation sites is 2. The molecule has 0 aromatic heterocycles. The molecule has 9 heteroatoms. The molecule has 1 N–H and O–H groups in total. The van der Waals surface area contributed by atoms with Gasteiger partial charge < -0.3 is 24.3 Å². The fourth-order valence-electron chi connectivity index (χ4n) is 3.26. The number of benzene rings is 2. The molecule has 0 bridgehead atoms. The highest BCUT2D eigenvalue weighted by atomic mass is 16.5. The van der Waals surface area contributed by atoms with Gasteiger partial charge in [0.2, 0.25) is 11.7 Å². The Balaban J connectivity index is 1.93. The summed E-state index contributed by atoms with van der Waals surface area (Å²) in [5.41, 5.74) is 0.711. The number of carbonyl (C=O) groups is 3. The van der Waals surface area contributed by atoms with E-state index in [2.05, 4.69) is 5.32 Å². The van der Waals surface area contributed by atoms with Crippen LogP contribution < -0.4 is 29.2 Å². The number of ketones is 1. The minimum atomic E-state index is -0.841. The van der Waals surface area contributed by atoms with Gasteiger partial charge in [0.05, 0.1) is 44.9 Å². The van der Waals surface area contributed by atoms with Gasteiger partial charge in [-0.2, -0.15) is 0 Å². The standard InChI is InChI=1S/C21H22N2O7/c1-5-30-14-9-7-6-8-12(14)22-16(24)11-23-13-10-15(27-2)19(28-3)20(29-4)17(13)18(25)21(23)26/h6-10H,5,11H2,1-4H3,(H,22,24). The molecule has 1 aliphatic rings. The molecule has 158 valence electrons. The minimum absolute atomic E-state index is 0.0302. The predicted octanol–water partition coefficient (Wildman–Crippen LogP) is 2.28. The molecular formula is C21H22N2O7. The maximum atomic E-state index is 12.7. The highest BCUT2D eigenvalue weighted by Gasteiger charge is 2.42. The fourth-order valence-corrected chi connectivity index (χ4v) is 3.26. The van der Waals surface area contributed by atoms with Crippen molar-refractivity contribution in [3.63, 3.8) is 0 Å². The predicted molar refractivity (Wildman–Crippen MR) is 109 cm³/mol. The molecule has 0 spiro atoms. The number of amides is 2. The van der Waals surface area contributed by atoms with Crippen molar-refractivity contribution in [3.8, 4) is 23.0 Å². The van der Waals surface area contributed by atoms with Gasteiger partial charge >= 0.3 is 0 Å². The summed E-state index contributed by atoms with van der Waals surface area (Å²) in [6.07, 6.45) is 0. The number of methoxy groups -OCH3 is 3. The van der Waals surface area contributed by atoms with E-state index < -0.39 is 17.6 Å². The second-order valence-corrected chi connectivity index (χ2v) is 6.24. The summed E-state index contributed by atoms with van der Waals surface area (Å²) in [7, 11) is 4.17. The van der Waals surface area contributed by atoms with Gasteiger partial charge in [-0.25, -0.2) is 0 Å². The lowest BCUT2D eigenvalue weighted by Gasteiger charge is -2.19. The quantitative estimate of drug-likeness (QED) is 0.661. The number of carbonyl (C=O) groups excluding carboxylic acids is 3. The summed E-state index contributed by atoms with van der Waals surface area (Å²) >= 11 is 0. The first-order valence-corrected chi connectivity index (χ1v) is 9.17. The fraction of sp³-hybridized carbons (Fsp3) is 0.286. The van der Waals surface area contributed by atoms with Gasteiger partial charge in [0.25, 0.3) is 11.7 Å². The Kier molecular flexibility index (Phi) is 6.10. The Hall–Kier alpha value is -3.75. The van der Waals surface area contributed by atoms with Gasteiger partial charge in [0.15, 0.2) is 11.5 Å². The number of anilines is 2. The summed E-state index contributed by atoms with van der Waals surface area (Å²) in [5, 5.41) is 2.71. The molecule has 30 heavy (non-hydrogen) atoms. The van der Waals surface area contributed by atoms with Crippen LogP contribution in [0.15, 0.2) is 30.3 Å². The number of rotatable bonds is 8. The zero-order valence-electron chi connectivity index (χ0n) is 17.1. The van der Waals surface area contributed by atoms with E-state index in [0.29, 0.717) is 18.0 Å². The van der Waals surface area contributed by atoms with Crippen LogP contribution in [0.5, 0.6) is 23.0 Å². The second kappa shape index (κ2) is 8.73. The average Bonchev–Trinajstić information content (AvgIpc) is 2.98. The van der Waals surface area contributed by atoms with Crippen LogP contribution in [-0.4, -0.2) is 52.1 Å². The molecule has 9 nitrogen and oxygen atoms in total. The molecule has 0 radical (unpaired) electrons. The van der Waals surface area contributed by atoms with Crippen molar-refractivity contribution in [2.24, 2.45) is 0 Å². The van der Waals surface area contributed by atoms with Crippen molar-refractivity contribution < 1.29 is 33.3 Å². The monoisotopic (exact) mass is 414 g/mol. The van der Waals surface area contributed by atoms with Gasteiger partial charge in [-0.1, -0.05) is 12.1 Å². The molecule has 1 heterocycles. The maximum Gasteiger partial charge on any atom is 0.300 e. The SMILES string of the molecule is CCOc1ccccc1NC(=O)CN1C(=O)C(=O)c2c1cc(OC)c(OC)c2OC. The lowest BCUT2D eigenvalue weighted by atomic mass is 10.1. The third kappa shape index (κ3) is 3.61. The number of fused-ring (bicyclic) bond motifs is 1. The first-order chi connectivity index (χ1) is 14.5. The molecule has 0 saturated carbocycles. The zero-order valence-corrected chi connectivity index (χ0v) is 17.1. The number of hydrogen-bond donors (Lipinski definition) is 1. The van der Waals surface area contributed by atoms with E-state index in [1.54, 1.807) is 24.3 Å². The Morgan fingerprint density at radius 2 is 1.70 bits per heavy atom. The third-order valence-electron chi connectivity index (χ3n) is 4.53. The molecule has 0 unspecified atom stereocenters. The average molecular weight is 414 g/mol. The topological polar surface area (TPSA) is 103 Å². The Labute approximate surface area is 173 Å². The van der Waals surface area contributed by atoms with Crippen molar-refractivity contribution >= 4 is 29.0 Å². The van der Waals surface area contributed by atoms with Crippen LogP contribution in [0.4, 0.5) is 11.4 Å². The molecule has 0 saturated heterocycles. The Morgan fingerprint density at radius 1 is 1.00 bits per heavy atom. The maximum absolute atomic E-state index is 12.7. The van der Waals surface area contributed by atoms with Crippen LogP contribution in [0.25, 0.3) is 0 Å². The third-order valence-corrected chi connectivity index (χ3v) is 4.53. The molecule has 1 aliphatic heterocycles. The highest BCUT2D eigenvalue weighted by molar-refractivity contribution is 6.53. The summed E-state index contributed by atoms with van der Waals surface area (Å²) < 4.78 is 21.4. The molecule has 3 rings (SSSR count). The van der Waals surface area contributed by atoms with Crippen LogP contribution >= 0.6 is 0 Å². The largest absolute Gasteiger partial charge is 0.493 e. The van der Waals surface area contributed by atoms with Crippen LogP contribution in [-0.2, 0) is 9.59 Å². The van der Waals surface area contributed by atoms with E-state index in [1.807, 2.05) is 6.92 Å². The van der Waals surface area contributed by atoms with Crippen LogP contribution in [0, 0.1) is 0 Å². The minimum Gasteiger partial charge on any atom is -0.493 e. The molecular weight excluding hydrogens is 392 g/mol. The molecule has 2 aromatic carbocycles. The van der Waals surface area contributed by atoms with Crippen molar-refractivity contribution in [1.82, 2.24) is 0 Å². The molecule has 0 atom stereocenters. The van der Waals surface area contributed by atoms with E-state index in [4.69, 9.17) is 18.9 Å². The van der Waals surface area contributed by atoms with E-state index in [9.17, 15) is 14.4 Å². The molecule has 2 amide bonds. The summed E-state index contributed by atoms with van der Waals surface area (Å²) in [6, 6.07) is 8.41. The number of nitrogens with one attached hydrogen (secondary N) is 1. The van der Waals surface area contributed by atoms with Gasteiger partial charge in [-0.05, 0) is 19.1 Å². The second-order valence-electron chi connectivity index (χ2n) is 6.24. The summed E-state index contributed by atoms with van der Waals surface area (Å²) in [5.74, 6) is -1.08. The number of nitrogens with zero attached hydrogens (tertiary/aromatic N) is 1. The van der Waals surface area contributed by atoms with Crippen molar-refractivity contribution in [1.29, 1.82) is 0 Å². The molecule has 0 fully saturated rings. The highest BCUT2D eigenvalue weighted by Crippen LogP contribution is 2.48. The number of ether oxygens (including phenoxy) is 4. The lowest BCUT2D eigenvalue weighted by Crippen LogP contribution is -2.37. The van der Waals surface area contributed by atoms with Gasteiger partial charge in [-0.3, -0.25) is 19.3 Å². The summed E-state index contributed by atoms with van der Waals surface area (Å²) in [6.45, 7) is 1.89. The van der Waals surface area contributed by atoms with E-state index in [-0.39, 0.29) is 35.0 Å².